The summed E-state index contributed by atoms with van der Waals surface area (Å²) in [6.07, 6.45) is -0.315. The van der Waals surface area contributed by atoms with Crippen molar-refractivity contribution in [2.24, 2.45) is 0 Å². The minimum absolute atomic E-state index is 0.282. The maximum Gasteiger partial charge on any atom is 0.409 e. The summed E-state index contributed by atoms with van der Waals surface area (Å²) in [6, 6.07) is 1.87. The number of nitrogens with one attached hydrogen (secondary N) is 2. The van der Waals surface area contributed by atoms with Crippen molar-refractivity contribution in [1.29, 1.82) is 0 Å². The highest BCUT2D eigenvalue weighted by Gasteiger charge is 2.24. The van der Waals surface area contributed by atoms with Crippen molar-refractivity contribution < 1.29 is 19.1 Å². The molecule has 3 aromatic heterocycles. The number of nitrogens with zero attached hydrogens (tertiary/aromatic N) is 9. The summed E-state index contributed by atoms with van der Waals surface area (Å²) in [6.45, 7) is 8.48. The maximum absolute atomic E-state index is 12.2. The topological polar surface area (TPSA) is 167 Å². The van der Waals surface area contributed by atoms with E-state index in [4.69, 9.17) is 14.5 Å². The molecule has 37 heavy (non-hydrogen) atoms. The molecule has 1 saturated heterocycles. The number of hydrogen-bond acceptors (Lipinski definition) is 14. The normalized spacial score (nSPS) is 13.4. The van der Waals surface area contributed by atoms with Gasteiger partial charge in [-0.15, -0.1) is 5.10 Å². The van der Waals surface area contributed by atoms with Gasteiger partial charge < -0.3 is 24.2 Å². The number of aromatic nitrogens is 7. The summed E-state index contributed by atoms with van der Waals surface area (Å²) in [5, 5.41) is 17.5. The molecule has 1 fully saturated rings. The van der Waals surface area contributed by atoms with Crippen LogP contribution in [0.3, 0.4) is 0 Å². The van der Waals surface area contributed by atoms with E-state index < -0.39 is 5.97 Å². The Morgan fingerprint density at radius 2 is 1.89 bits per heavy atom. The zero-order chi connectivity index (χ0) is 26.4. The molecule has 1 amide bonds. The SMILES string of the molecule is CCOC(=O)c1sc(Nc2nc(N(C)Cc3nnn[nH]3)cc(N3CCN(C(=O)OCC)CC3)n2)nc1C. The molecule has 1 aliphatic heterocycles. The van der Waals surface area contributed by atoms with Crippen LogP contribution in [0.1, 0.15) is 35.0 Å². The monoisotopic (exact) mass is 531 g/mol. The van der Waals surface area contributed by atoms with Gasteiger partial charge in [0.05, 0.1) is 25.5 Å². The molecule has 4 rings (SSSR count). The summed E-state index contributed by atoms with van der Waals surface area (Å²) in [5.41, 5.74) is 0.562. The molecule has 15 nitrogen and oxygen atoms in total. The molecule has 0 aromatic carbocycles. The van der Waals surface area contributed by atoms with Crippen molar-refractivity contribution in [3.05, 3.63) is 22.5 Å². The number of anilines is 4. The smallest absolute Gasteiger partial charge is 0.409 e. The molecule has 0 radical (unpaired) electrons. The first kappa shape index (κ1) is 26.0. The van der Waals surface area contributed by atoms with Crippen LogP contribution < -0.4 is 15.1 Å². The molecule has 16 heteroatoms. The van der Waals surface area contributed by atoms with Gasteiger partial charge in [-0.05, 0) is 31.2 Å². The number of H-pyrrole nitrogens is 1. The van der Waals surface area contributed by atoms with Crippen LogP contribution in [0.15, 0.2) is 6.07 Å². The van der Waals surface area contributed by atoms with Gasteiger partial charge in [-0.1, -0.05) is 11.3 Å². The number of rotatable bonds is 9. The summed E-state index contributed by atoms with van der Waals surface area (Å²) in [7, 11) is 1.86. The quantitative estimate of drug-likeness (QED) is 0.382. The maximum atomic E-state index is 12.2. The van der Waals surface area contributed by atoms with E-state index in [1.165, 1.54) is 11.3 Å². The van der Waals surface area contributed by atoms with E-state index in [1.807, 2.05) is 18.0 Å². The fourth-order valence-corrected chi connectivity index (χ4v) is 4.51. The highest BCUT2D eigenvalue weighted by Crippen LogP contribution is 2.28. The third-order valence-electron chi connectivity index (χ3n) is 5.47. The van der Waals surface area contributed by atoms with Crippen LogP contribution in [0.2, 0.25) is 0 Å². The minimum atomic E-state index is -0.416. The van der Waals surface area contributed by atoms with E-state index in [0.29, 0.717) is 78.4 Å². The standard InChI is InChI=1S/C21H29N11O4S/c1-5-35-18(33)17-13(3)22-20(37-17)25-19-23-15(30(4)12-14-26-28-29-27-14)11-16(24-19)31-7-9-32(10-8-31)21(34)36-6-2/h11H,5-10,12H2,1-4H3,(H,22,23,24,25)(H,26,27,28,29). The number of thiazole rings is 1. The van der Waals surface area contributed by atoms with Crippen LogP contribution in [-0.4, -0.2) is 99.0 Å². The molecule has 0 atom stereocenters. The fraction of sp³-hybridized carbons (Fsp3) is 0.524. The molecule has 4 heterocycles. The molecular formula is C21H29N11O4S. The van der Waals surface area contributed by atoms with Crippen LogP contribution in [0.25, 0.3) is 0 Å². The Labute approximate surface area is 217 Å². The van der Waals surface area contributed by atoms with Gasteiger partial charge >= 0.3 is 12.1 Å². The van der Waals surface area contributed by atoms with Crippen molar-refractivity contribution in [2.75, 3.05) is 61.6 Å². The Hall–Kier alpha value is -4.08. The first-order valence-corrected chi connectivity index (χ1v) is 12.6. The van der Waals surface area contributed by atoms with Gasteiger partial charge in [0.25, 0.3) is 0 Å². The van der Waals surface area contributed by atoms with Crippen molar-refractivity contribution in [3.8, 4) is 0 Å². The van der Waals surface area contributed by atoms with Crippen molar-refractivity contribution in [2.45, 2.75) is 27.3 Å². The van der Waals surface area contributed by atoms with Gasteiger partial charge in [0.2, 0.25) is 5.95 Å². The fourth-order valence-electron chi connectivity index (χ4n) is 3.65. The van der Waals surface area contributed by atoms with Gasteiger partial charge in [0.15, 0.2) is 11.0 Å². The molecule has 2 N–H and O–H groups in total. The van der Waals surface area contributed by atoms with E-state index in [1.54, 1.807) is 25.7 Å². The first-order chi connectivity index (χ1) is 17.9. The van der Waals surface area contributed by atoms with Crippen molar-refractivity contribution in [1.82, 2.24) is 40.5 Å². The number of tetrazole rings is 1. The Bertz CT molecular complexity index is 1210. The molecule has 0 aliphatic carbocycles. The van der Waals surface area contributed by atoms with Gasteiger partial charge in [0, 0.05) is 39.3 Å². The minimum Gasteiger partial charge on any atom is -0.462 e. The van der Waals surface area contributed by atoms with Crippen LogP contribution >= 0.6 is 11.3 Å². The number of aryl methyl sites for hydroxylation is 1. The Morgan fingerprint density at radius 3 is 2.57 bits per heavy atom. The number of esters is 1. The molecule has 0 unspecified atom stereocenters. The summed E-state index contributed by atoms with van der Waals surface area (Å²) in [5.74, 6) is 1.77. The lowest BCUT2D eigenvalue weighted by molar-refractivity contribution is 0.0531. The predicted octanol–water partition coefficient (Wildman–Crippen LogP) is 1.59. The van der Waals surface area contributed by atoms with Crippen LogP contribution in [0.4, 0.5) is 27.5 Å². The van der Waals surface area contributed by atoms with Crippen molar-refractivity contribution >= 4 is 46.1 Å². The van der Waals surface area contributed by atoms with E-state index in [0.717, 1.165) is 0 Å². The number of amides is 1. The second kappa shape index (κ2) is 11.8. The van der Waals surface area contributed by atoms with Crippen LogP contribution in [0, 0.1) is 6.92 Å². The average Bonchev–Trinajstić information content (AvgIpc) is 3.53. The molecular weight excluding hydrogens is 502 g/mol. The van der Waals surface area contributed by atoms with E-state index >= 15 is 0 Å². The molecule has 0 saturated carbocycles. The third-order valence-corrected chi connectivity index (χ3v) is 6.53. The lowest BCUT2D eigenvalue weighted by atomic mass is 10.3. The Morgan fingerprint density at radius 1 is 1.14 bits per heavy atom. The van der Waals surface area contributed by atoms with Gasteiger partial charge in [-0.25, -0.2) is 19.7 Å². The van der Waals surface area contributed by atoms with E-state index in [2.05, 4.69) is 40.8 Å². The number of carbonyl (C=O) groups excluding carboxylic acids is 2. The third kappa shape index (κ3) is 6.38. The number of aromatic amines is 1. The lowest BCUT2D eigenvalue weighted by Crippen LogP contribution is -2.49. The second-order valence-electron chi connectivity index (χ2n) is 8.06. The summed E-state index contributed by atoms with van der Waals surface area (Å²) in [4.78, 5) is 44.2. The highest BCUT2D eigenvalue weighted by atomic mass is 32.1. The summed E-state index contributed by atoms with van der Waals surface area (Å²) < 4.78 is 10.2. The molecule has 0 spiro atoms. The Balaban J connectivity index is 1.57. The zero-order valence-corrected chi connectivity index (χ0v) is 21.9. The molecule has 0 bridgehead atoms. The van der Waals surface area contributed by atoms with Crippen molar-refractivity contribution in [3.63, 3.8) is 0 Å². The lowest BCUT2D eigenvalue weighted by Gasteiger charge is -2.35. The Kier molecular flexibility index (Phi) is 8.27. The van der Waals surface area contributed by atoms with Gasteiger partial charge in [-0.2, -0.15) is 9.97 Å². The van der Waals surface area contributed by atoms with Crippen LogP contribution in [0.5, 0.6) is 0 Å². The number of carbonyl (C=O) groups is 2. The van der Waals surface area contributed by atoms with Gasteiger partial charge in [-0.3, -0.25) is 5.32 Å². The van der Waals surface area contributed by atoms with Crippen LogP contribution in [-0.2, 0) is 16.0 Å². The zero-order valence-electron chi connectivity index (χ0n) is 21.1. The highest BCUT2D eigenvalue weighted by molar-refractivity contribution is 7.17. The molecule has 3 aromatic rings. The van der Waals surface area contributed by atoms with Gasteiger partial charge in [0.1, 0.15) is 16.5 Å². The molecule has 198 valence electrons. The predicted molar refractivity (Wildman–Crippen MR) is 135 cm³/mol. The number of ether oxygens (including phenoxy) is 2. The largest absolute Gasteiger partial charge is 0.462 e. The average molecular weight is 532 g/mol. The number of piperazine rings is 1. The summed E-state index contributed by atoms with van der Waals surface area (Å²) >= 11 is 1.18. The first-order valence-electron chi connectivity index (χ1n) is 11.8. The van der Waals surface area contributed by atoms with E-state index in [9.17, 15) is 9.59 Å². The number of hydrogen-bond donors (Lipinski definition) is 2. The molecule has 1 aliphatic rings. The van der Waals surface area contributed by atoms with E-state index in [-0.39, 0.29) is 12.7 Å². The second-order valence-corrected chi connectivity index (χ2v) is 9.06.